The van der Waals surface area contributed by atoms with Crippen LogP contribution in [0.2, 0.25) is 5.02 Å². The first-order valence-corrected chi connectivity index (χ1v) is 13.9. The number of alkyl carbamates (subject to hydrolysis) is 1. The lowest BCUT2D eigenvalue weighted by molar-refractivity contribution is -0.384. The highest BCUT2D eigenvalue weighted by atomic mass is 35.5. The number of aromatic nitrogens is 2. The Hall–Kier alpha value is -4.79. The van der Waals surface area contributed by atoms with E-state index in [0.29, 0.717) is 12.8 Å². The van der Waals surface area contributed by atoms with Gasteiger partial charge in [0.05, 0.1) is 22.0 Å². The maximum absolute atomic E-state index is 14.3. The van der Waals surface area contributed by atoms with Gasteiger partial charge < -0.3 is 26.0 Å². The molecule has 44 heavy (non-hydrogen) atoms. The Balaban J connectivity index is 1.53. The van der Waals surface area contributed by atoms with E-state index in [4.69, 9.17) is 22.1 Å². The third kappa shape index (κ3) is 7.58. The SMILES string of the molecule is CC(C)(C)OC(=O)N[C@H]1C[C@H](N(CC(=O)NCc2cccc(Cl)c2F)C(=O)Cn2nc(C(N)=O)c3cc([N+](=O)[O-])ccc32)C1. The van der Waals surface area contributed by atoms with Crippen molar-refractivity contribution in [1.29, 1.82) is 0 Å². The van der Waals surface area contributed by atoms with Gasteiger partial charge in [-0.15, -0.1) is 0 Å². The maximum Gasteiger partial charge on any atom is 0.407 e. The predicted molar refractivity (Wildman–Crippen MR) is 156 cm³/mol. The normalized spacial score (nSPS) is 16.1. The average molecular weight is 632 g/mol. The van der Waals surface area contributed by atoms with Crippen molar-refractivity contribution < 1.29 is 33.2 Å². The summed E-state index contributed by atoms with van der Waals surface area (Å²) in [7, 11) is 0. The number of primary amides is 1. The van der Waals surface area contributed by atoms with Crippen molar-refractivity contribution in [2.75, 3.05) is 6.54 Å². The van der Waals surface area contributed by atoms with Gasteiger partial charge in [-0.1, -0.05) is 23.7 Å². The number of hydrogen-bond donors (Lipinski definition) is 3. The minimum absolute atomic E-state index is 0.0950. The predicted octanol–water partition coefficient (Wildman–Crippen LogP) is 3.04. The van der Waals surface area contributed by atoms with E-state index in [2.05, 4.69) is 15.7 Å². The minimum atomic E-state index is -0.943. The van der Waals surface area contributed by atoms with E-state index < -0.39 is 59.3 Å². The molecule has 0 bridgehead atoms. The lowest BCUT2D eigenvalue weighted by atomic mass is 9.85. The number of nitro benzene ring substituents is 1. The molecule has 0 saturated heterocycles. The van der Waals surface area contributed by atoms with Gasteiger partial charge in [0, 0.05) is 41.7 Å². The van der Waals surface area contributed by atoms with Gasteiger partial charge in [0.15, 0.2) is 5.69 Å². The number of carbonyl (C=O) groups is 4. The Morgan fingerprint density at radius 2 is 1.93 bits per heavy atom. The lowest BCUT2D eigenvalue weighted by Gasteiger charge is -2.42. The van der Waals surface area contributed by atoms with Crippen LogP contribution in [0.5, 0.6) is 0 Å². The third-order valence-corrected chi connectivity index (χ3v) is 7.17. The molecule has 1 aromatic heterocycles. The number of benzene rings is 2. The Morgan fingerprint density at radius 3 is 2.57 bits per heavy atom. The van der Waals surface area contributed by atoms with E-state index in [1.54, 1.807) is 20.8 Å². The van der Waals surface area contributed by atoms with E-state index in [1.807, 2.05) is 0 Å². The molecular weight excluding hydrogens is 601 g/mol. The van der Waals surface area contributed by atoms with Crippen LogP contribution in [0.3, 0.4) is 0 Å². The standard InChI is InChI=1S/C28H31ClFN7O7/c1-28(2,3)44-27(41)33-16-9-18(10-16)35(13-22(38)32-12-15-5-4-6-20(29)24(15)30)23(39)14-36-21-8-7-17(37(42)43)11-19(21)25(34-36)26(31)40/h4-8,11,16,18H,9-10,12-14H2,1-3H3,(H2,31,40)(H,32,38)(H,33,41)/t16-,18-. The first-order valence-electron chi connectivity index (χ1n) is 13.6. The van der Waals surface area contributed by atoms with Crippen LogP contribution in [0.25, 0.3) is 10.9 Å². The fraction of sp³-hybridized carbons (Fsp3) is 0.393. The second-order valence-corrected chi connectivity index (χ2v) is 11.7. The Kier molecular flexibility index (Phi) is 9.37. The summed E-state index contributed by atoms with van der Waals surface area (Å²) in [6, 6.07) is 7.29. The van der Waals surface area contributed by atoms with Gasteiger partial charge in [-0.3, -0.25) is 29.2 Å². The fourth-order valence-corrected chi connectivity index (χ4v) is 4.94. The monoisotopic (exact) mass is 631 g/mol. The zero-order chi connectivity index (χ0) is 32.3. The number of fused-ring (bicyclic) bond motifs is 1. The van der Waals surface area contributed by atoms with Gasteiger partial charge in [0.1, 0.15) is 18.0 Å². The van der Waals surface area contributed by atoms with Crippen molar-refractivity contribution >= 4 is 52.0 Å². The van der Waals surface area contributed by atoms with Gasteiger partial charge in [-0.25, -0.2) is 9.18 Å². The largest absolute Gasteiger partial charge is 0.444 e. The number of nitrogens with one attached hydrogen (secondary N) is 2. The molecule has 16 heteroatoms. The van der Waals surface area contributed by atoms with E-state index >= 15 is 0 Å². The molecule has 4 N–H and O–H groups in total. The van der Waals surface area contributed by atoms with E-state index in [-0.39, 0.29) is 45.5 Å². The van der Waals surface area contributed by atoms with Gasteiger partial charge in [-0.05, 0) is 45.7 Å². The first-order chi connectivity index (χ1) is 20.6. The van der Waals surface area contributed by atoms with Crippen LogP contribution >= 0.6 is 11.6 Å². The number of halogens is 2. The van der Waals surface area contributed by atoms with Crippen LogP contribution in [0.1, 0.15) is 49.7 Å². The Labute approximate surface area is 255 Å². The zero-order valence-corrected chi connectivity index (χ0v) is 24.9. The summed E-state index contributed by atoms with van der Waals surface area (Å²) in [5, 5.41) is 20.7. The smallest absolute Gasteiger partial charge is 0.407 e. The molecule has 4 amide bonds. The summed E-state index contributed by atoms with van der Waals surface area (Å²) in [5.74, 6) is -2.76. The lowest BCUT2D eigenvalue weighted by Crippen LogP contribution is -2.58. The van der Waals surface area contributed by atoms with E-state index in [1.165, 1.54) is 39.9 Å². The summed E-state index contributed by atoms with van der Waals surface area (Å²) in [6.07, 6.45) is 0.0238. The second kappa shape index (κ2) is 12.8. The Morgan fingerprint density at radius 1 is 1.23 bits per heavy atom. The molecule has 234 valence electrons. The summed E-state index contributed by atoms with van der Waals surface area (Å²) >= 11 is 5.82. The van der Waals surface area contributed by atoms with Gasteiger partial charge >= 0.3 is 6.09 Å². The highest BCUT2D eigenvalue weighted by Crippen LogP contribution is 2.28. The summed E-state index contributed by atoms with van der Waals surface area (Å²) in [4.78, 5) is 62.8. The molecule has 0 spiro atoms. The summed E-state index contributed by atoms with van der Waals surface area (Å²) < 4.78 is 20.8. The molecule has 0 aliphatic heterocycles. The fourth-order valence-electron chi connectivity index (χ4n) is 4.75. The van der Waals surface area contributed by atoms with Gasteiger partial charge in [0.2, 0.25) is 11.8 Å². The highest BCUT2D eigenvalue weighted by Gasteiger charge is 2.38. The number of non-ortho nitro benzene ring substituents is 1. The zero-order valence-electron chi connectivity index (χ0n) is 24.1. The number of nitrogens with two attached hydrogens (primary N) is 1. The average Bonchev–Trinajstić information content (AvgIpc) is 3.27. The van der Waals surface area contributed by atoms with E-state index in [0.717, 1.165) is 6.07 Å². The van der Waals surface area contributed by atoms with Crippen molar-refractivity contribution in [2.45, 2.75) is 64.4 Å². The van der Waals surface area contributed by atoms with Gasteiger partial charge in [0.25, 0.3) is 11.6 Å². The first kappa shape index (κ1) is 32.1. The molecule has 4 rings (SSSR count). The third-order valence-electron chi connectivity index (χ3n) is 6.88. The molecule has 1 aliphatic rings. The van der Waals surface area contributed by atoms with Crippen LogP contribution in [0.15, 0.2) is 36.4 Å². The quantitative estimate of drug-likeness (QED) is 0.224. The Bertz CT molecular complexity index is 1630. The molecule has 1 aliphatic carbocycles. The summed E-state index contributed by atoms with van der Waals surface area (Å²) in [6.45, 7) is 4.17. The van der Waals surface area contributed by atoms with E-state index in [9.17, 15) is 33.7 Å². The number of amides is 4. The van der Waals surface area contributed by atoms with Crippen LogP contribution in [0.4, 0.5) is 14.9 Å². The molecule has 1 heterocycles. The molecule has 3 aromatic rings. The topological polar surface area (TPSA) is 192 Å². The van der Waals surface area contributed by atoms with Crippen LogP contribution in [0, 0.1) is 15.9 Å². The van der Waals surface area contributed by atoms with Crippen molar-refractivity contribution in [1.82, 2.24) is 25.3 Å². The number of rotatable bonds is 10. The van der Waals surface area contributed by atoms with Gasteiger partial charge in [-0.2, -0.15) is 5.10 Å². The van der Waals surface area contributed by atoms with Crippen LogP contribution < -0.4 is 16.4 Å². The van der Waals surface area contributed by atoms with Crippen molar-refractivity contribution in [3.8, 4) is 0 Å². The number of ether oxygens (including phenoxy) is 1. The maximum atomic E-state index is 14.3. The number of carbonyl (C=O) groups excluding carboxylic acids is 4. The number of hydrogen-bond acceptors (Lipinski definition) is 8. The molecular formula is C28H31ClFN7O7. The van der Waals surface area contributed by atoms with Crippen LogP contribution in [-0.4, -0.2) is 67.6 Å². The highest BCUT2D eigenvalue weighted by molar-refractivity contribution is 6.30. The molecule has 0 atom stereocenters. The molecule has 0 radical (unpaired) electrons. The van der Waals surface area contributed by atoms with Crippen molar-refractivity contribution in [3.63, 3.8) is 0 Å². The number of nitro groups is 1. The molecule has 1 fully saturated rings. The molecule has 14 nitrogen and oxygen atoms in total. The minimum Gasteiger partial charge on any atom is -0.444 e. The number of nitrogens with zero attached hydrogens (tertiary/aromatic N) is 4. The van der Waals surface area contributed by atoms with Crippen LogP contribution in [-0.2, 0) is 27.4 Å². The molecule has 1 saturated carbocycles. The van der Waals surface area contributed by atoms with Crippen molar-refractivity contribution in [3.05, 3.63) is 68.6 Å². The summed E-state index contributed by atoms with van der Waals surface area (Å²) in [5.41, 5.74) is 4.59. The molecule has 0 unspecified atom stereocenters. The molecule has 2 aromatic carbocycles. The van der Waals surface area contributed by atoms with Crippen molar-refractivity contribution in [2.24, 2.45) is 5.73 Å². The second-order valence-electron chi connectivity index (χ2n) is 11.3.